The van der Waals surface area contributed by atoms with Gasteiger partial charge in [-0.3, -0.25) is 4.79 Å². The number of benzene rings is 1. The average molecular weight is 361 g/mol. The molecule has 2 unspecified atom stereocenters. The number of anilines is 2. The zero-order valence-electron chi connectivity index (χ0n) is 15.1. The van der Waals surface area contributed by atoms with Crippen molar-refractivity contribution in [3.05, 3.63) is 36.9 Å². The van der Waals surface area contributed by atoms with Crippen LogP contribution in [-0.2, 0) is 14.3 Å². The van der Waals surface area contributed by atoms with Crippen molar-refractivity contribution in [2.75, 3.05) is 30.4 Å². The van der Waals surface area contributed by atoms with Crippen LogP contribution in [-0.4, -0.2) is 43.9 Å². The summed E-state index contributed by atoms with van der Waals surface area (Å²) in [6.07, 6.45) is 4.32. The summed E-state index contributed by atoms with van der Waals surface area (Å²) in [5.74, 6) is -0.217. The molecule has 0 aliphatic carbocycles. The Balaban J connectivity index is 1.75. The Morgan fingerprint density at radius 3 is 2.58 bits per heavy atom. The molecule has 1 fully saturated rings. The maximum absolute atomic E-state index is 12.2. The van der Waals surface area contributed by atoms with Crippen molar-refractivity contribution in [3.8, 4) is 0 Å². The molecule has 0 spiro atoms. The summed E-state index contributed by atoms with van der Waals surface area (Å²) in [6.45, 7) is 6.84. The summed E-state index contributed by atoms with van der Waals surface area (Å²) in [5, 5.41) is 8.10. The van der Waals surface area contributed by atoms with Gasteiger partial charge in [-0.2, -0.15) is 0 Å². The molecule has 2 rings (SSSR count). The Morgan fingerprint density at radius 2 is 1.96 bits per heavy atom. The minimum atomic E-state index is -0.567. The third kappa shape index (κ3) is 6.85. The summed E-state index contributed by atoms with van der Waals surface area (Å²) in [7, 11) is 0. The molecule has 1 saturated heterocycles. The van der Waals surface area contributed by atoms with Crippen molar-refractivity contribution in [3.63, 3.8) is 0 Å². The van der Waals surface area contributed by atoms with Crippen molar-refractivity contribution in [2.24, 2.45) is 0 Å². The standard InChI is InChI=1S/C19H27N3O4/c1-3-11-20-19(24)22-16-9-7-15(8-10-16)21-18(23)14(2)26-13-17-6-4-5-12-25-17/h3,7-10,14,17H,1,4-6,11-13H2,2H3,(H,21,23)(H2,20,22,24). The van der Waals surface area contributed by atoms with Crippen LogP contribution in [0.25, 0.3) is 0 Å². The van der Waals surface area contributed by atoms with E-state index in [9.17, 15) is 9.59 Å². The van der Waals surface area contributed by atoms with Gasteiger partial charge in [0.2, 0.25) is 0 Å². The summed E-state index contributed by atoms with van der Waals surface area (Å²) in [4.78, 5) is 23.8. The van der Waals surface area contributed by atoms with Gasteiger partial charge in [0.1, 0.15) is 6.10 Å². The van der Waals surface area contributed by atoms with Crippen LogP contribution in [0.5, 0.6) is 0 Å². The highest BCUT2D eigenvalue weighted by Crippen LogP contribution is 2.15. The quantitative estimate of drug-likeness (QED) is 0.621. The number of hydrogen-bond acceptors (Lipinski definition) is 4. The van der Waals surface area contributed by atoms with Gasteiger partial charge in [-0.1, -0.05) is 6.08 Å². The fraction of sp³-hybridized carbons (Fsp3) is 0.474. The first kappa shape index (κ1) is 19.9. The van der Waals surface area contributed by atoms with E-state index in [2.05, 4.69) is 22.5 Å². The molecule has 7 nitrogen and oxygen atoms in total. The van der Waals surface area contributed by atoms with Gasteiger partial charge >= 0.3 is 6.03 Å². The summed E-state index contributed by atoms with van der Waals surface area (Å²) in [5.41, 5.74) is 1.26. The zero-order valence-corrected chi connectivity index (χ0v) is 15.1. The molecular weight excluding hydrogens is 334 g/mol. The molecule has 0 aromatic heterocycles. The topological polar surface area (TPSA) is 88.7 Å². The number of nitrogens with one attached hydrogen (secondary N) is 3. The second kappa shape index (κ2) is 10.6. The van der Waals surface area contributed by atoms with Crippen LogP contribution in [0.1, 0.15) is 26.2 Å². The van der Waals surface area contributed by atoms with E-state index in [0.717, 1.165) is 25.9 Å². The summed E-state index contributed by atoms with van der Waals surface area (Å²) in [6, 6.07) is 6.55. The van der Waals surface area contributed by atoms with Crippen LogP contribution in [0.15, 0.2) is 36.9 Å². The fourth-order valence-electron chi connectivity index (χ4n) is 2.49. The van der Waals surface area contributed by atoms with Gasteiger partial charge in [0.25, 0.3) is 5.91 Å². The monoisotopic (exact) mass is 361 g/mol. The molecule has 26 heavy (non-hydrogen) atoms. The third-order valence-electron chi connectivity index (χ3n) is 3.99. The Morgan fingerprint density at radius 1 is 1.27 bits per heavy atom. The number of carbonyl (C=O) groups is 2. The first-order valence-electron chi connectivity index (χ1n) is 8.88. The molecule has 0 radical (unpaired) electrons. The number of urea groups is 1. The zero-order chi connectivity index (χ0) is 18.8. The Hall–Kier alpha value is -2.38. The van der Waals surface area contributed by atoms with Crippen molar-refractivity contribution >= 4 is 23.3 Å². The molecule has 0 bridgehead atoms. The van der Waals surface area contributed by atoms with E-state index in [1.165, 1.54) is 0 Å². The fourth-order valence-corrected chi connectivity index (χ4v) is 2.49. The van der Waals surface area contributed by atoms with E-state index >= 15 is 0 Å². The highest BCUT2D eigenvalue weighted by atomic mass is 16.5. The van der Waals surface area contributed by atoms with Gasteiger partial charge in [0, 0.05) is 24.5 Å². The van der Waals surface area contributed by atoms with Crippen molar-refractivity contribution < 1.29 is 19.1 Å². The van der Waals surface area contributed by atoms with E-state index in [0.29, 0.717) is 24.5 Å². The molecule has 1 aromatic rings. The lowest BCUT2D eigenvalue weighted by Crippen LogP contribution is -2.32. The van der Waals surface area contributed by atoms with Crippen LogP contribution in [0.3, 0.4) is 0 Å². The Bertz CT molecular complexity index is 597. The van der Waals surface area contributed by atoms with Crippen LogP contribution < -0.4 is 16.0 Å². The Kier molecular flexibility index (Phi) is 8.11. The van der Waals surface area contributed by atoms with Gasteiger partial charge in [-0.25, -0.2) is 4.79 Å². The van der Waals surface area contributed by atoms with E-state index in [1.807, 2.05) is 0 Å². The summed E-state index contributed by atoms with van der Waals surface area (Å²) < 4.78 is 11.2. The predicted octanol–water partition coefficient (Wildman–Crippen LogP) is 2.91. The first-order chi connectivity index (χ1) is 12.6. The lowest BCUT2D eigenvalue weighted by atomic mass is 10.1. The molecular formula is C19H27N3O4. The molecule has 1 aliphatic heterocycles. The number of hydrogen-bond donors (Lipinski definition) is 3. The third-order valence-corrected chi connectivity index (χ3v) is 3.99. The van der Waals surface area contributed by atoms with Gasteiger partial charge < -0.3 is 25.4 Å². The molecule has 142 valence electrons. The largest absolute Gasteiger partial charge is 0.376 e. The molecule has 1 aromatic carbocycles. The van der Waals surface area contributed by atoms with E-state index < -0.39 is 6.10 Å². The number of amides is 3. The van der Waals surface area contributed by atoms with Crippen molar-refractivity contribution in [1.29, 1.82) is 0 Å². The number of ether oxygens (including phenoxy) is 2. The smallest absolute Gasteiger partial charge is 0.319 e. The van der Waals surface area contributed by atoms with Crippen molar-refractivity contribution in [1.82, 2.24) is 5.32 Å². The molecule has 2 atom stereocenters. The normalized spacial score (nSPS) is 17.8. The van der Waals surface area contributed by atoms with Crippen LogP contribution in [0, 0.1) is 0 Å². The lowest BCUT2D eigenvalue weighted by Gasteiger charge is -2.23. The highest BCUT2D eigenvalue weighted by molar-refractivity contribution is 5.94. The molecule has 1 heterocycles. The van der Waals surface area contributed by atoms with Gasteiger partial charge in [-0.15, -0.1) is 6.58 Å². The van der Waals surface area contributed by atoms with Crippen LogP contribution in [0.2, 0.25) is 0 Å². The minimum absolute atomic E-state index is 0.0802. The van der Waals surface area contributed by atoms with Gasteiger partial charge in [0.05, 0.1) is 12.7 Å². The van der Waals surface area contributed by atoms with E-state index in [4.69, 9.17) is 9.47 Å². The first-order valence-corrected chi connectivity index (χ1v) is 8.88. The van der Waals surface area contributed by atoms with Gasteiger partial charge in [0.15, 0.2) is 0 Å². The van der Waals surface area contributed by atoms with E-state index in [1.54, 1.807) is 37.3 Å². The minimum Gasteiger partial charge on any atom is -0.376 e. The molecule has 3 amide bonds. The van der Waals surface area contributed by atoms with Crippen molar-refractivity contribution in [2.45, 2.75) is 38.4 Å². The SMILES string of the molecule is C=CCNC(=O)Nc1ccc(NC(=O)C(C)OCC2CCCCO2)cc1. The maximum atomic E-state index is 12.2. The number of rotatable bonds is 8. The molecule has 1 aliphatic rings. The average Bonchev–Trinajstić information content (AvgIpc) is 2.66. The maximum Gasteiger partial charge on any atom is 0.319 e. The molecule has 0 saturated carbocycles. The number of carbonyl (C=O) groups excluding carboxylic acids is 2. The highest BCUT2D eigenvalue weighted by Gasteiger charge is 2.19. The lowest BCUT2D eigenvalue weighted by molar-refractivity contribution is -0.130. The second-order valence-corrected chi connectivity index (χ2v) is 6.15. The van der Waals surface area contributed by atoms with E-state index in [-0.39, 0.29) is 18.0 Å². The predicted molar refractivity (Wildman–Crippen MR) is 101 cm³/mol. The van der Waals surface area contributed by atoms with Crippen LogP contribution in [0.4, 0.5) is 16.2 Å². The second-order valence-electron chi connectivity index (χ2n) is 6.15. The Labute approximate surface area is 154 Å². The van der Waals surface area contributed by atoms with Gasteiger partial charge in [-0.05, 0) is 50.5 Å². The molecule has 3 N–H and O–H groups in total. The molecule has 7 heteroatoms. The van der Waals surface area contributed by atoms with Crippen LogP contribution >= 0.6 is 0 Å². The summed E-state index contributed by atoms with van der Waals surface area (Å²) >= 11 is 0.